The Bertz CT molecular complexity index is 2440. The van der Waals surface area contributed by atoms with Crippen LogP contribution in [0.3, 0.4) is 0 Å². The van der Waals surface area contributed by atoms with Crippen LogP contribution in [0.25, 0.3) is 32.8 Å². The first kappa shape index (κ1) is 27.5. The molecule has 0 spiro atoms. The first-order valence-electron chi connectivity index (χ1n) is 11.0. The Morgan fingerprint density at radius 1 is 0.585 bits per heavy atom. The molecule has 0 saturated heterocycles. The smallest absolute Gasteiger partial charge is 0.289 e. The Morgan fingerprint density at radius 2 is 1.20 bits per heavy atom. The van der Waals surface area contributed by atoms with Gasteiger partial charge in [0.15, 0.2) is 11.6 Å². The van der Waals surface area contributed by atoms with Crippen molar-refractivity contribution in [2.45, 2.75) is 14.7 Å². The summed E-state index contributed by atoms with van der Waals surface area (Å²) in [6, 6.07) is 8.27. The summed E-state index contributed by atoms with van der Waals surface area (Å²) in [7, 11) is -14.3. The lowest BCUT2D eigenvalue weighted by Gasteiger charge is -2.20. The van der Waals surface area contributed by atoms with Gasteiger partial charge >= 0.3 is 0 Å². The van der Waals surface area contributed by atoms with E-state index < -0.39 is 56.6 Å². The molecule has 1 aliphatic carbocycles. The van der Waals surface area contributed by atoms with Crippen molar-refractivity contribution in [3.63, 3.8) is 0 Å². The summed E-state index contributed by atoms with van der Waals surface area (Å²) >= 11 is 3.24. The number of hydrogen-bond donors (Lipinski definition) is 3. The van der Waals surface area contributed by atoms with Gasteiger partial charge in [0.05, 0.1) is 20.9 Å². The molecule has 0 unspecified atom stereocenters. The number of rotatable bonds is 3. The number of carbonyl (C=O) groups is 2. The lowest BCUT2D eigenvalue weighted by molar-refractivity contribution is 0.0980. The van der Waals surface area contributed by atoms with Crippen molar-refractivity contribution in [2.24, 2.45) is 0 Å². The molecule has 13 nitrogen and oxygen atoms in total. The van der Waals surface area contributed by atoms with Crippen LogP contribution in [-0.4, -0.2) is 60.4 Å². The minimum Gasteiger partial charge on any atom is -0.289 e. The topological polar surface area (TPSA) is 223 Å². The third kappa shape index (κ3) is 4.24. The van der Waals surface area contributed by atoms with Gasteiger partial charge in [-0.3, -0.25) is 23.2 Å². The molecule has 0 aliphatic heterocycles. The van der Waals surface area contributed by atoms with Crippen molar-refractivity contribution >= 4 is 90.7 Å². The summed E-state index contributed by atoms with van der Waals surface area (Å²) in [6.45, 7) is 0. The molecule has 6 rings (SSSR count). The van der Waals surface area contributed by atoms with Crippen LogP contribution in [0.1, 0.15) is 31.8 Å². The number of nitrogens with zero attached hydrogens (tertiary/aromatic N) is 2. The standard InChI is InChI=1S/C24H11BrN2O11S3/c25-16-8-15-18(24(29)13-4-2-11(40(33,34)35)7-14(13)23(15)28)22-20(16)27-21-17(41(36,37)38)6-9-5-10(39(30,31)32)1-3-12(9)19(21)26-22/h1-8H,(H,30,31,32)(H,33,34,35)(H,36,37,38). The van der Waals surface area contributed by atoms with E-state index in [1.807, 2.05) is 0 Å². The molecule has 5 aromatic rings. The highest BCUT2D eigenvalue weighted by Gasteiger charge is 2.35. The fraction of sp³-hybridized carbons (Fsp3) is 0. The predicted octanol–water partition coefficient (Wildman–Crippen LogP) is 3.21. The molecule has 41 heavy (non-hydrogen) atoms. The van der Waals surface area contributed by atoms with Gasteiger partial charge in [0.2, 0.25) is 0 Å². The van der Waals surface area contributed by atoms with E-state index in [2.05, 4.69) is 25.9 Å². The number of benzene rings is 4. The van der Waals surface area contributed by atoms with Gasteiger partial charge in [0.1, 0.15) is 21.4 Å². The molecule has 0 bridgehead atoms. The SMILES string of the molecule is O=C1c2cc(S(=O)(=O)O)ccc2C(=O)c2c1cc(Br)c1nc3c(S(=O)(=O)O)cc4cc(S(=O)(=O)O)ccc4c3nc21. The van der Waals surface area contributed by atoms with Gasteiger partial charge in [-0.2, -0.15) is 25.3 Å². The molecular formula is C24H11BrN2O11S3. The maximum Gasteiger partial charge on any atom is 0.296 e. The van der Waals surface area contributed by atoms with Crippen molar-refractivity contribution in [2.75, 3.05) is 0 Å². The fourth-order valence-electron chi connectivity index (χ4n) is 4.73. The molecule has 4 aromatic carbocycles. The zero-order chi connectivity index (χ0) is 29.8. The molecule has 0 fully saturated rings. The van der Waals surface area contributed by atoms with Crippen LogP contribution in [0.4, 0.5) is 0 Å². The summed E-state index contributed by atoms with van der Waals surface area (Å²) < 4.78 is 100. The second-order valence-corrected chi connectivity index (χ2v) is 14.0. The monoisotopic (exact) mass is 678 g/mol. The molecule has 17 heteroatoms. The van der Waals surface area contributed by atoms with Crippen LogP contribution in [0.2, 0.25) is 0 Å². The number of ketones is 2. The molecule has 0 saturated carbocycles. The summed E-state index contributed by atoms with van der Waals surface area (Å²) in [4.78, 5) is 34.0. The van der Waals surface area contributed by atoms with Gasteiger partial charge in [0, 0.05) is 26.5 Å². The van der Waals surface area contributed by atoms with Crippen molar-refractivity contribution < 1.29 is 48.5 Å². The molecule has 1 aliphatic rings. The number of carbonyl (C=O) groups excluding carboxylic acids is 2. The second-order valence-electron chi connectivity index (χ2n) is 8.95. The Labute approximate surface area is 238 Å². The Morgan fingerprint density at radius 3 is 1.83 bits per heavy atom. The molecule has 0 atom stereocenters. The van der Waals surface area contributed by atoms with Gasteiger partial charge in [-0.15, -0.1) is 0 Å². The minimum absolute atomic E-state index is 0.0609. The van der Waals surface area contributed by atoms with Crippen LogP contribution < -0.4 is 0 Å². The van der Waals surface area contributed by atoms with Gasteiger partial charge in [-0.05, 0) is 63.8 Å². The van der Waals surface area contributed by atoms with Crippen molar-refractivity contribution in [1.29, 1.82) is 0 Å². The summed E-state index contributed by atoms with van der Waals surface area (Å²) in [5, 5.41) is 0.0685. The number of aromatic nitrogens is 2. The third-order valence-electron chi connectivity index (χ3n) is 6.52. The van der Waals surface area contributed by atoms with Gasteiger partial charge < -0.3 is 0 Å². The summed E-state index contributed by atoms with van der Waals surface area (Å²) in [5.41, 5.74) is -1.62. The average molecular weight is 679 g/mol. The lowest BCUT2D eigenvalue weighted by atomic mass is 9.83. The number of halogens is 1. The van der Waals surface area contributed by atoms with E-state index in [0.717, 1.165) is 36.4 Å². The third-order valence-corrected chi connectivity index (χ3v) is 9.69. The minimum atomic E-state index is -4.96. The number of fused-ring (bicyclic) bond motifs is 7. The van der Waals surface area contributed by atoms with Gasteiger partial charge in [0.25, 0.3) is 30.4 Å². The molecule has 3 N–H and O–H groups in total. The Hall–Kier alpha value is -3.71. The highest BCUT2D eigenvalue weighted by molar-refractivity contribution is 9.10. The van der Waals surface area contributed by atoms with Crippen LogP contribution in [0.5, 0.6) is 0 Å². The van der Waals surface area contributed by atoms with Crippen LogP contribution >= 0.6 is 15.9 Å². The molecule has 1 heterocycles. The summed E-state index contributed by atoms with van der Waals surface area (Å²) in [6.07, 6.45) is 0. The van der Waals surface area contributed by atoms with Crippen molar-refractivity contribution in [3.05, 3.63) is 75.3 Å². The zero-order valence-electron chi connectivity index (χ0n) is 19.7. The Balaban J connectivity index is 1.75. The quantitative estimate of drug-likeness (QED) is 0.139. The maximum absolute atomic E-state index is 13.6. The fourth-order valence-corrected chi connectivity index (χ4v) is 6.92. The summed E-state index contributed by atoms with van der Waals surface area (Å²) in [5.74, 6) is -1.51. The molecular weight excluding hydrogens is 668 g/mol. The normalized spacial score (nSPS) is 14.0. The average Bonchev–Trinajstić information content (AvgIpc) is 2.88. The molecule has 1 aromatic heterocycles. The van der Waals surface area contributed by atoms with Crippen LogP contribution in [-0.2, 0) is 30.4 Å². The van der Waals surface area contributed by atoms with Crippen molar-refractivity contribution in [3.8, 4) is 0 Å². The molecule has 208 valence electrons. The molecule has 0 radical (unpaired) electrons. The van der Waals surface area contributed by atoms with E-state index >= 15 is 0 Å². The van der Waals surface area contributed by atoms with Gasteiger partial charge in [-0.1, -0.05) is 6.07 Å². The molecule has 0 amide bonds. The van der Waals surface area contributed by atoms with E-state index in [9.17, 15) is 48.5 Å². The van der Waals surface area contributed by atoms with Crippen molar-refractivity contribution in [1.82, 2.24) is 9.97 Å². The first-order valence-corrected chi connectivity index (χ1v) is 16.1. The second kappa shape index (κ2) is 8.65. The highest BCUT2D eigenvalue weighted by Crippen LogP contribution is 2.39. The maximum atomic E-state index is 13.6. The van der Waals surface area contributed by atoms with E-state index in [-0.39, 0.29) is 59.6 Å². The zero-order valence-corrected chi connectivity index (χ0v) is 23.8. The van der Waals surface area contributed by atoms with Crippen LogP contribution in [0, 0.1) is 0 Å². The van der Waals surface area contributed by atoms with Gasteiger partial charge in [-0.25, -0.2) is 9.97 Å². The Kier molecular flexibility index (Phi) is 5.79. The van der Waals surface area contributed by atoms with E-state index in [0.29, 0.717) is 0 Å². The number of hydrogen-bond acceptors (Lipinski definition) is 10. The highest BCUT2D eigenvalue weighted by atomic mass is 79.9. The van der Waals surface area contributed by atoms with E-state index in [1.165, 1.54) is 12.1 Å². The van der Waals surface area contributed by atoms with E-state index in [4.69, 9.17) is 0 Å². The van der Waals surface area contributed by atoms with Crippen LogP contribution in [0.15, 0.2) is 67.7 Å². The lowest BCUT2D eigenvalue weighted by Crippen LogP contribution is -2.22. The predicted molar refractivity (Wildman–Crippen MR) is 145 cm³/mol. The van der Waals surface area contributed by atoms with E-state index in [1.54, 1.807) is 0 Å². The largest absolute Gasteiger partial charge is 0.296 e. The first-order chi connectivity index (χ1) is 19.0.